The van der Waals surface area contributed by atoms with E-state index in [1.54, 1.807) is 37.3 Å². The first kappa shape index (κ1) is 22.0. The summed E-state index contributed by atoms with van der Waals surface area (Å²) in [6.07, 6.45) is -1.12. The number of hydrogen-bond acceptors (Lipinski definition) is 5. The van der Waals surface area contributed by atoms with Gasteiger partial charge in [-0.1, -0.05) is 23.7 Å². The van der Waals surface area contributed by atoms with Gasteiger partial charge in [-0.05, 0) is 50.2 Å². The number of rotatable bonds is 5. The topological polar surface area (TPSA) is 102 Å². The van der Waals surface area contributed by atoms with Crippen molar-refractivity contribution in [1.29, 1.82) is 0 Å². The number of hydrogen-bond donors (Lipinski definition) is 2. The van der Waals surface area contributed by atoms with Crippen molar-refractivity contribution in [3.63, 3.8) is 0 Å². The third-order valence-corrected chi connectivity index (χ3v) is 4.45. The van der Waals surface area contributed by atoms with E-state index in [2.05, 4.69) is 16.0 Å². The normalized spacial score (nSPS) is 11.5. The SMILES string of the molecule is Cc1cc(=O)c(C(=O)NNC(=O)[C@@H](C)Oc2ccccc2F)nn1-c1ccc(Cl)cc1. The van der Waals surface area contributed by atoms with Crippen LogP contribution in [0.25, 0.3) is 5.69 Å². The predicted molar refractivity (Wildman–Crippen MR) is 112 cm³/mol. The van der Waals surface area contributed by atoms with Gasteiger partial charge in [0.25, 0.3) is 11.8 Å². The standard InChI is InChI=1S/C21H18ClFN4O4/c1-12-11-17(28)19(26-27(12)15-9-7-14(22)8-10-15)21(30)25-24-20(29)13(2)31-18-6-4-3-5-16(18)23/h3-11,13H,1-2H3,(H,24,29)(H,25,30)/t13-/m1/s1. The second kappa shape index (κ2) is 9.40. The fraction of sp³-hybridized carbons (Fsp3) is 0.143. The van der Waals surface area contributed by atoms with E-state index in [-0.39, 0.29) is 5.75 Å². The fourth-order valence-electron chi connectivity index (χ4n) is 2.61. The number of ether oxygens (including phenoxy) is 1. The predicted octanol–water partition coefficient (Wildman–Crippen LogP) is 2.56. The number of nitrogens with one attached hydrogen (secondary N) is 2. The molecule has 0 aliphatic heterocycles. The molecule has 0 aliphatic rings. The van der Waals surface area contributed by atoms with Crippen LogP contribution in [0.5, 0.6) is 5.75 Å². The van der Waals surface area contributed by atoms with Gasteiger partial charge in [-0.2, -0.15) is 5.10 Å². The Morgan fingerprint density at radius 2 is 1.81 bits per heavy atom. The molecule has 160 valence electrons. The maximum Gasteiger partial charge on any atom is 0.294 e. The minimum Gasteiger partial charge on any atom is -0.478 e. The lowest BCUT2D eigenvalue weighted by Crippen LogP contribution is -2.48. The van der Waals surface area contributed by atoms with Crippen LogP contribution in [0.3, 0.4) is 0 Å². The Balaban J connectivity index is 1.70. The van der Waals surface area contributed by atoms with Crippen LogP contribution in [-0.4, -0.2) is 27.7 Å². The van der Waals surface area contributed by atoms with Gasteiger partial charge < -0.3 is 4.74 Å². The number of halogens is 2. The highest BCUT2D eigenvalue weighted by Gasteiger charge is 2.20. The molecule has 1 aromatic heterocycles. The molecular formula is C21H18ClFN4O4. The van der Waals surface area contributed by atoms with Crippen LogP contribution in [0.4, 0.5) is 4.39 Å². The highest BCUT2D eigenvalue weighted by Crippen LogP contribution is 2.17. The van der Waals surface area contributed by atoms with Crippen LogP contribution >= 0.6 is 11.6 Å². The molecule has 0 spiro atoms. The molecule has 31 heavy (non-hydrogen) atoms. The van der Waals surface area contributed by atoms with Crippen LogP contribution in [0.2, 0.25) is 5.02 Å². The van der Waals surface area contributed by atoms with Crippen molar-refractivity contribution in [2.24, 2.45) is 0 Å². The second-order valence-electron chi connectivity index (χ2n) is 6.52. The molecule has 8 nitrogen and oxygen atoms in total. The lowest BCUT2D eigenvalue weighted by atomic mass is 10.2. The molecule has 0 saturated heterocycles. The fourth-order valence-corrected chi connectivity index (χ4v) is 2.74. The molecule has 0 unspecified atom stereocenters. The first-order valence-electron chi connectivity index (χ1n) is 9.14. The van der Waals surface area contributed by atoms with Gasteiger partial charge in [-0.25, -0.2) is 9.07 Å². The van der Waals surface area contributed by atoms with Crippen molar-refractivity contribution in [1.82, 2.24) is 20.6 Å². The summed E-state index contributed by atoms with van der Waals surface area (Å²) in [6, 6.07) is 13.5. The molecule has 0 radical (unpaired) electrons. The Hall–Kier alpha value is -3.72. The smallest absolute Gasteiger partial charge is 0.294 e. The highest BCUT2D eigenvalue weighted by molar-refractivity contribution is 6.30. The number of carbonyl (C=O) groups is 2. The molecule has 1 heterocycles. The molecule has 3 aromatic rings. The zero-order valence-corrected chi connectivity index (χ0v) is 17.3. The zero-order chi connectivity index (χ0) is 22.5. The van der Waals surface area contributed by atoms with E-state index < -0.39 is 34.9 Å². The molecule has 1 atom stereocenters. The van der Waals surface area contributed by atoms with Gasteiger partial charge in [0.1, 0.15) is 0 Å². The number of aryl methyl sites for hydroxylation is 1. The maximum atomic E-state index is 13.6. The van der Waals surface area contributed by atoms with Crippen molar-refractivity contribution in [3.8, 4) is 11.4 Å². The molecule has 2 amide bonds. The Bertz CT molecular complexity index is 1180. The minimum absolute atomic E-state index is 0.109. The average molecular weight is 445 g/mol. The van der Waals surface area contributed by atoms with E-state index in [0.717, 1.165) is 0 Å². The van der Waals surface area contributed by atoms with Crippen molar-refractivity contribution in [2.75, 3.05) is 0 Å². The molecule has 0 bridgehead atoms. The number of amides is 2. The molecule has 0 saturated carbocycles. The molecule has 3 rings (SSSR count). The Kier molecular flexibility index (Phi) is 6.66. The summed E-state index contributed by atoms with van der Waals surface area (Å²) in [5.41, 5.74) is 4.30. The molecule has 2 aromatic carbocycles. The third kappa shape index (κ3) is 5.26. The average Bonchev–Trinajstić information content (AvgIpc) is 2.74. The van der Waals surface area contributed by atoms with Crippen LogP contribution in [0.1, 0.15) is 23.1 Å². The van der Waals surface area contributed by atoms with E-state index in [0.29, 0.717) is 16.4 Å². The second-order valence-corrected chi connectivity index (χ2v) is 6.96. The van der Waals surface area contributed by atoms with E-state index in [4.69, 9.17) is 16.3 Å². The van der Waals surface area contributed by atoms with Crippen molar-refractivity contribution < 1.29 is 18.7 Å². The maximum absolute atomic E-state index is 13.6. The van der Waals surface area contributed by atoms with Gasteiger partial charge in [0.2, 0.25) is 5.43 Å². The molecule has 0 fully saturated rings. The lowest BCUT2D eigenvalue weighted by molar-refractivity contribution is -0.128. The number of hydrazine groups is 1. The van der Waals surface area contributed by atoms with Crippen LogP contribution in [0, 0.1) is 12.7 Å². The first-order valence-corrected chi connectivity index (χ1v) is 9.52. The Labute approximate surface area is 181 Å². The number of aromatic nitrogens is 2. The highest BCUT2D eigenvalue weighted by atomic mass is 35.5. The molecular weight excluding hydrogens is 427 g/mol. The summed E-state index contributed by atoms with van der Waals surface area (Å²) < 4.78 is 20.3. The van der Waals surface area contributed by atoms with Crippen LogP contribution < -0.4 is 21.0 Å². The summed E-state index contributed by atoms with van der Waals surface area (Å²) in [4.78, 5) is 36.8. The number of benzene rings is 2. The van der Waals surface area contributed by atoms with Gasteiger partial charge >= 0.3 is 0 Å². The molecule has 10 heteroatoms. The summed E-state index contributed by atoms with van der Waals surface area (Å²) in [7, 11) is 0. The summed E-state index contributed by atoms with van der Waals surface area (Å²) in [5.74, 6) is -2.40. The zero-order valence-electron chi connectivity index (χ0n) is 16.6. The Morgan fingerprint density at radius 3 is 2.48 bits per heavy atom. The van der Waals surface area contributed by atoms with E-state index in [1.165, 1.54) is 35.9 Å². The van der Waals surface area contributed by atoms with E-state index in [9.17, 15) is 18.8 Å². The van der Waals surface area contributed by atoms with Gasteiger partial charge in [0, 0.05) is 16.8 Å². The molecule has 0 aliphatic carbocycles. The van der Waals surface area contributed by atoms with Gasteiger partial charge in [0.05, 0.1) is 5.69 Å². The largest absolute Gasteiger partial charge is 0.478 e. The first-order chi connectivity index (χ1) is 14.8. The quantitative estimate of drug-likeness (QED) is 0.589. The van der Waals surface area contributed by atoms with Crippen LogP contribution in [0.15, 0.2) is 59.4 Å². The minimum atomic E-state index is -1.12. The van der Waals surface area contributed by atoms with Crippen molar-refractivity contribution in [2.45, 2.75) is 20.0 Å². The number of carbonyl (C=O) groups excluding carboxylic acids is 2. The van der Waals surface area contributed by atoms with Crippen molar-refractivity contribution in [3.05, 3.63) is 87.0 Å². The van der Waals surface area contributed by atoms with Gasteiger partial charge in [-0.15, -0.1) is 0 Å². The Morgan fingerprint density at radius 1 is 1.13 bits per heavy atom. The number of para-hydroxylation sites is 1. The molecule has 2 N–H and O–H groups in total. The van der Waals surface area contributed by atoms with E-state index in [1.807, 2.05) is 0 Å². The summed E-state index contributed by atoms with van der Waals surface area (Å²) in [5, 5.41) is 4.61. The van der Waals surface area contributed by atoms with Crippen LogP contribution in [-0.2, 0) is 4.79 Å². The lowest BCUT2D eigenvalue weighted by Gasteiger charge is -2.15. The summed E-state index contributed by atoms with van der Waals surface area (Å²) >= 11 is 5.89. The number of nitrogens with zero attached hydrogens (tertiary/aromatic N) is 2. The monoisotopic (exact) mass is 444 g/mol. The van der Waals surface area contributed by atoms with Crippen molar-refractivity contribution >= 4 is 23.4 Å². The third-order valence-electron chi connectivity index (χ3n) is 4.20. The summed E-state index contributed by atoms with van der Waals surface area (Å²) in [6.45, 7) is 3.04. The van der Waals surface area contributed by atoms with Gasteiger partial charge in [0.15, 0.2) is 23.4 Å². The van der Waals surface area contributed by atoms with E-state index >= 15 is 0 Å². The van der Waals surface area contributed by atoms with Gasteiger partial charge in [-0.3, -0.25) is 25.2 Å².